The van der Waals surface area contributed by atoms with E-state index in [1.54, 1.807) is 40.3 Å². The summed E-state index contributed by atoms with van der Waals surface area (Å²) >= 11 is 0. The van der Waals surface area contributed by atoms with Crippen molar-refractivity contribution in [3.8, 4) is 5.69 Å². The van der Waals surface area contributed by atoms with Crippen LogP contribution in [-0.2, 0) is 19.3 Å². The number of carbonyl (C=O) groups excluding carboxylic acids is 1. The van der Waals surface area contributed by atoms with Gasteiger partial charge in [-0.15, -0.1) is 0 Å². The number of rotatable bonds is 3. The van der Waals surface area contributed by atoms with E-state index in [0.717, 1.165) is 17.8 Å². The van der Waals surface area contributed by atoms with Gasteiger partial charge in [-0.3, -0.25) is 9.59 Å². The highest BCUT2D eigenvalue weighted by atomic mass is 19.4. The molecule has 0 radical (unpaired) electrons. The van der Waals surface area contributed by atoms with Crippen LogP contribution in [0, 0.1) is 6.92 Å². The molecule has 7 nitrogen and oxygen atoms in total. The minimum Gasteiger partial charge on any atom is -0.361 e. The molecule has 0 atom stereocenters. The van der Waals surface area contributed by atoms with Crippen LogP contribution in [0.25, 0.3) is 16.6 Å². The van der Waals surface area contributed by atoms with Crippen LogP contribution in [-0.4, -0.2) is 36.5 Å². The van der Waals surface area contributed by atoms with Gasteiger partial charge in [0.2, 0.25) is 0 Å². The van der Waals surface area contributed by atoms with Crippen molar-refractivity contribution in [2.45, 2.75) is 26.2 Å². The quantitative estimate of drug-likeness (QED) is 0.529. The summed E-state index contributed by atoms with van der Waals surface area (Å²) in [5.74, 6) is -0.344. The number of nitrogens with zero attached hydrogens (tertiary/aromatic N) is 4. The van der Waals surface area contributed by atoms with E-state index in [-0.39, 0.29) is 36.8 Å². The molecule has 4 aromatic rings. The van der Waals surface area contributed by atoms with Crippen molar-refractivity contribution >= 4 is 16.8 Å². The molecule has 0 bridgehead atoms. The zero-order valence-electron chi connectivity index (χ0n) is 17.0. The van der Waals surface area contributed by atoms with Crippen LogP contribution < -0.4 is 5.56 Å². The Bertz CT molecular complexity index is 1410. The molecule has 5 rings (SSSR count). The van der Waals surface area contributed by atoms with E-state index in [2.05, 4.69) is 9.97 Å². The van der Waals surface area contributed by atoms with E-state index >= 15 is 0 Å². The maximum atomic E-state index is 13.1. The predicted octanol–water partition coefficient (Wildman–Crippen LogP) is 3.50. The largest absolute Gasteiger partial charge is 0.416 e. The summed E-state index contributed by atoms with van der Waals surface area (Å²) in [4.78, 5) is 34.6. The van der Waals surface area contributed by atoms with Gasteiger partial charge >= 0.3 is 6.18 Å². The third kappa shape index (κ3) is 3.28. The van der Waals surface area contributed by atoms with Crippen LogP contribution in [0.1, 0.15) is 27.3 Å². The van der Waals surface area contributed by atoms with Crippen molar-refractivity contribution in [3.05, 3.63) is 81.9 Å². The van der Waals surface area contributed by atoms with Gasteiger partial charge < -0.3 is 19.0 Å². The lowest BCUT2D eigenvalue weighted by Crippen LogP contribution is -2.44. The van der Waals surface area contributed by atoms with Crippen molar-refractivity contribution in [2.75, 3.05) is 6.54 Å². The average Bonchev–Trinajstić information content (AvgIpc) is 3.36. The summed E-state index contributed by atoms with van der Waals surface area (Å²) in [5.41, 5.74) is 1.52. The fourth-order valence-corrected chi connectivity index (χ4v) is 4.05. The van der Waals surface area contributed by atoms with Crippen molar-refractivity contribution in [2.24, 2.45) is 0 Å². The van der Waals surface area contributed by atoms with E-state index in [0.29, 0.717) is 22.2 Å². The number of carbonyl (C=O) groups is 1. The first-order chi connectivity index (χ1) is 15.2. The molecule has 3 aromatic heterocycles. The molecule has 1 amide bonds. The van der Waals surface area contributed by atoms with Gasteiger partial charge in [0.15, 0.2) is 0 Å². The number of hydrogen-bond acceptors (Lipinski definition) is 3. The number of amides is 1. The number of alkyl halides is 3. The molecule has 0 aliphatic carbocycles. The van der Waals surface area contributed by atoms with Gasteiger partial charge in [0.25, 0.3) is 11.5 Å². The molecule has 1 aliphatic rings. The number of H-pyrrole nitrogens is 1. The molecule has 1 N–H and O–H groups in total. The minimum atomic E-state index is -4.45. The average molecular weight is 441 g/mol. The van der Waals surface area contributed by atoms with E-state index < -0.39 is 11.7 Å². The number of aromatic nitrogens is 4. The standard InChI is InChI=1S/C22H18F3N5O2/c1-13-10-29(12-27-13)18-4-5-19-20(31)28(6-7-30(19)21(18)32)11-14-9-26-17-3-2-15(8-16(14)17)22(23,24)25/h2-5,8-10,12,26H,6-7,11H2,1H3. The van der Waals surface area contributed by atoms with Crippen LogP contribution >= 0.6 is 0 Å². The maximum absolute atomic E-state index is 13.1. The van der Waals surface area contributed by atoms with Crippen LogP contribution in [0.4, 0.5) is 13.2 Å². The highest BCUT2D eigenvalue weighted by Gasteiger charge is 2.31. The second kappa shape index (κ2) is 7.11. The van der Waals surface area contributed by atoms with Gasteiger partial charge in [-0.1, -0.05) is 0 Å². The molecule has 1 aromatic carbocycles. The van der Waals surface area contributed by atoms with Crippen LogP contribution in [0.2, 0.25) is 0 Å². The molecule has 0 unspecified atom stereocenters. The van der Waals surface area contributed by atoms with Crippen molar-refractivity contribution in [3.63, 3.8) is 0 Å². The van der Waals surface area contributed by atoms with Crippen LogP contribution in [0.3, 0.4) is 0 Å². The third-order valence-electron chi connectivity index (χ3n) is 5.70. The van der Waals surface area contributed by atoms with Gasteiger partial charge in [-0.25, -0.2) is 4.98 Å². The number of hydrogen-bond donors (Lipinski definition) is 1. The molecule has 0 spiro atoms. The monoisotopic (exact) mass is 441 g/mol. The summed E-state index contributed by atoms with van der Waals surface area (Å²) in [6.07, 6.45) is 0.439. The summed E-state index contributed by atoms with van der Waals surface area (Å²) in [6.45, 7) is 2.51. The Balaban J connectivity index is 1.46. The molecule has 0 saturated heterocycles. The normalized spacial score (nSPS) is 14.2. The molecular weight excluding hydrogens is 423 g/mol. The smallest absolute Gasteiger partial charge is 0.361 e. The Morgan fingerprint density at radius 3 is 2.66 bits per heavy atom. The number of benzene rings is 1. The SMILES string of the molecule is Cc1cn(-c2ccc3n(c2=O)CCN(Cc2c[nH]c4ccc(C(F)(F)F)cc24)C3=O)cn1. The van der Waals surface area contributed by atoms with Gasteiger partial charge in [0, 0.05) is 42.9 Å². The topological polar surface area (TPSA) is 75.9 Å². The Morgan fingerprint density at radius 2 is 1.94 bits per heavy atom. The fraction of sp³-hybridized carbons (Fsp3) is 0.227. The second-order valence-electron chi connectivity index (χ2n) is 7.78. The zero-order valence-corrected chi connectivity index (χ0v) is 17.0. The first-order valence-corrected chi connectivity index (χ1v) is 9.93. The number of imidazole rings is 1. The molecule has 32 heavy (non-hydrogen) atoms. The molecule has 0 fully saturated rings. The molecular formula is C22H18F3N5O2. The Labute approximate surface area is 179 Å². The van der Waals surface area contributed by atoms with Gasteiger partial charge in [-0.05, 0) is 42.8 Å². The van der Waals surface area contributed by atoms with Gasteiger partial charge in [-0.2, -0.15) is 13.2 Å². The Morgan fingerprint density at radius 1 is 1.12 bits per heavy atom. The lowest BCUT2D eigenvalue weighted by Gasteiger charge is -2.29. The van der Waals surface area contributed by atoms with E-state index in [4.69, 9.17) is 0 Å². The number of aromatic amines is 1. The molecule has 164 valence electrons. The fourth-order valence-electron chi connectivity index (χ4n) is 4.05. The lowest BCUT2D eigenvalue weighted by molar-refractivity contribution is -0.137. The Hall–Kier alpha value is -3.82. The zero-order chi connectivity index (χ0) is 22.6. The number of fused-ring (bicyclic) bond motifs is 2. The molecule has 0 saturated carbocycles. The summed E-state index contributed by atoms with van der Waals surface area (Å²) in [5, 5.41) is 0.418. The minimum absolute atomic E-state index is 0.136. The summed E-state index contributed by atoms with van der Waals surface area (Å²) < 4.78 is 42.4. The highest BCUT2D eigenvalue weighted by molar-refractivity contribution is 5.94. The first-order valence-electron chi connectivity index (χ1n) is 9.93. The van der Waals surface area contributed by atoms with E-state index in [1.807, 2.05) is 6.92 Å². The van der Waals surface area contributed by atoms with Crippen molar-refractivity contribution < 1.29 is 18.0 Å². The van der Waals surface area contributed by atoms with E-state index in [1.165, 1.54) is 10.6 Å². The first kappa shape index (κ1) is 20.1. The number of halogens is 3. The third-order valence-corrected chi connectivity index (χ3v) is 5.70. The summed E-state index contributed by atoms with van der Waals surface area (Å²) in [6, 6.07) is 6.67. The second-order valence-corrected chi connectivity index (χ2v) is 7.78. The van der Waals surface area contributed by atoms with Crippen LogP contribution in [0.15, 0.2) is 53.8 Å². The molecule has 1 aliphatic heterocycles. The highest BCUT2D eigenvalue weighted by Crippen LogP contribution is 2.32. The van der Waals surface area contributed by atoms with Gasteiger partial charge in [0.05, 0.1) is 17.6 Å². The predicted molar refractivity (Wildman–Crippen MR) is 111 cm³/mol. The lowest BCUT2D eigenvalue weighted by atomic mass is 10.1. The number of nitrogens with one attached hydrogen (secondary N) is 1. The van der Waals surface area contributed by atoms with Crippen molar-refractivity contribution in [1.82, 2.24) is 24.0 Å². The van der Waals surface area contributed by atoms with Crippen LogP contribution in [0.5, 0.6) is 0 Å². The molecule has 10 heteroatoms. The van der Waals surface area contributed by atoms with E-state index in [9.17, 15) is 22.8 Å². The summed E-state index contributed by atoms with van der Waals surface area (Å²) in [7, 11) is 0. The molecule has 4 heterocycles. The van der Waals surface area contributed by atoms with Crippen molar-refractivity contribution in [1.29, 1.82) is 0 Å². The maximum Gasteiger partial charge on any atom is 0.416 e. The van der Waals surface area contributed by atoms with Gasteiger partial charge in [0.1, 0.15) is 11.4 Å². The Kier molecular flexibility index (Phi) is 4.47. The number of aryl methyl sites for hydroxylation is 1. The number of pyridine rings is 1.